The van der Waals surface area contributed by atoms with Gasteiger partial charge in [0.1, 0.15) is 17.4 Å². The summed E-state index contributed by atoms with van der Waals surface area (Å²) in [6, 6.07) is 8.61. The number of ether oxygens (including phenoxy) is 1. The van der Waals surface area contributed by atoms with Crippen LogP contribution in [0.4, 0.5) is 25.1 Å². The van der Waals surface area contributed by atoms with Gasteiger partial charge < -0.3 is 10.1 Å². The van der Waals surface area contributed by atoms with E-state index in [1.165, 1.54) is 24.1 Å². The van der Waals surface area contributed by atoms with Gasteiger partial charge in [-0.25, -0.2) is 18.6 Å². The molecule has 2 amide bonds. The van der Waals surface area contributed by atoms with Crippen molar-refractivity contribution in [3.8, 4) is 11.4 Å². The standard InChI is InChI=1S/C18H14F2N4O3/c1-27-15-5-3-2-4-14(15)24-9-8-21-16(17(24)25)23-18(26)22-13-7-6-11(19)10-12(13)20/h2-10H,1H3,(H2,21,22,23,26). The molecule has 0 radical (unpaired) electrons. The molecule has 0 fully saturated rings. The molecule has 3 rings (SSSR count). The molecule has 2 N–H and O–H groups in total. The summed E-state index contributed by atoms with van der Waals surface area (Å²) in [5.41, 5.74) is -0.396. The van der Waals surface area contributed by atoms with E-state index in [1.807, 2.05) is 0 Å². The maximum atomic E-state index is 13.6. The van der Waals surface area contributed by atoms with E-state index in [-0.39, 0.29) is 11.5 Å². The zero-order valence-corrected chi connectivity index (χ0v) is 14.1. The van der Waals surface area contributed by atoms with Crippen LogP contribution in [-0.4, -0.2) is 22.7 Å². The molecule has 0 saturated heterocycles. The lowest BCUT2D eigenvalue weighted by Crippen LogP contribution is -2.28. The van der Waals surface area contributed by atoms with Gasteiger partial charge in [0.25, 0.3) is 5.56 Å². The second kappa shape index (κ2) is 7.65. The van der Waals surface area contributed by atoms with E-state index >= 15 is 0 Å². The Balaban J connectivity index is 1.86. The zero-order valence-electron chi connectivity index (χ0n) is 14.1. The Bertz CT molecular complexity index is 1050. The van der Waals surface area contributed by atoms with Gasteiger partial charge in [0.2, 0.25) is 5.82 Å². The van der Waals surface area contributed by atoms with Crippen molar-refractivity contribution in [2.24, 2.45) is 0 Å². The fourth-order valence-electron chi connectivity index (χ4n) is 2.37. The average molecular weight is 372 g/mol. The highest BCUT2D eigenvalue weighted by Crippen LogP contribution is 2.20. The normalized spacial score (nSPS) is 10.3. The van der Waals surface area contributed by atoms with Crippen LogP contribution in [-0.2, 0) is 0 Å². The summed E-state index contributed by atoms with van der Waals surface area (Å²) in [5, 5.41) is 4.44. The number of benzene rings is 2. The number of hydrogen-bond acceptors (Lipinski definition) is 4. The molecule has 0 unspecified atom stereocenters. The molecule has 3 aromatic rings. The fourth-order valence-corrected chi connectivity index (χ4v) is 2.37. The first-order valence-electron chi connectivity index (χ1n) is 7.73. The van der Waals surface area contributed by atoms with E-state index < -0.39 is 23.2 Å². The predicted octanol–water partition coefficient (Wildman–Crippen LogP) is 3.16. The molecule has 0 saturated carbocycles. The van der Waals surface area contributed by atoms with Crippen LogP contribution in [0, 0.1) is 11.6 Å². The van der Waals surface area contributed by atoms with Crippen molar-refractivity contribution in [1.82, 2.24) is 9.55 Å². The fraction of sp³-hybridized carbons (Fsp3) is 0.0556. The van der Waals surface area contributed by atoms with Gasteiger partial charge in [0, 0.05) is 18.5 Å². The predicted molar refractivity (Wildman–Crippen MR) is 95.4 cm³/mol. The molecular formula is C18H14F2N4O3. The van der Waals surface area contributed by atoms with Gasteiger partial charge in [-0.05, 0) is 24.3 Å². The summed E-state index contributed by atoms with van der Waals surface area (Å²) in [6.07, 6.45) is 2.74. The van der Waals surface area contributed by atoms with E-state index in [1.54, 1.807) is 24.3 Å². The quantitative estimate of drug-likeness (QED) is 0.737. The van der Waals surface area contributed by atoms with E-state index in [0.717, 1.165) is 12.1 Å². The van der Waals surface area contributed by atoms with Gasteiger partial charge in [-0.2, -0.15) is 0 Å². The van der Waals surface area contributed by atoms with Crippen molar-refractivity contribution in [3.05, 3.63) is 76.8 Å². The van der Waals surface area contributed by atoms with Gasteiger partial charge in [0.05, 0.1) is 18.5 Å². The molecular weight excluding hydrogens is 358 g/mol. The van der Waals surface area contributed by atoms with Gasteiger partial charge in [-0.3, -0.25) is 14.7 Å². The highest BCUT2D eigenvalue weighted by molar-refractivity contribution is 5.99. The molecule has 0 spiro atoms. The Kier molecular flexibility index (Phi) is 5.11. The zero-order chi connectivity index (χ0) is 19.4. The number of nitrogens with zero attached hydrogens (tertiary/aromatic N) is 2. The van der Waals surface area contributed by atoms with Crippen LogP contribution >= 0.6 is 0 Å². The molecule has 7 nitrogen and oxygen atoms in total. The van der Waals surface area contributed by atoms with Crippen LogP contribution in [0.15, 0.2) is 59.7 Å². The van der Waals surface area contributed by atoms with E-state index in [0.29, 0.717) is 17.5 Å². The molecule has 0 bridgehead atoms. The summed E-state index contributed by atoms with van der Waals surface area (Å²) >= 11 is 0. The van der Waals surface area contributed by atoms with E-state index in [9.17, 15) is 18.4 Å². The van der Waals surface area contributed by atoms with Gasteiger partial charge in [0.15, 0.2) is 0 Å². The first kappa shape index (κ1) is 18.1. The smallest absolute Gasteiger partial charge is 0.325 e. The minimum absolute atomic E-state index is 0.241. The Morgan fingerprint density at radius 2 is 1.93 bits per heavy atom. The molecule has 0 aliphatic rings. The molecule has 0 atom stereocenters. The molecule has 0 aliphatic carbocycles. The molecule has 1 aromatic heterocycles. The number of amides is 2. The molecule has 2 aromatic carbocycles. The number of hydrogen-bond donors (Lipinski definition) is 2. The Morgan fingerprint density at radius 1 is 1.15 bits per heavy atom. The number of aromatic nitrogens is 2. The lowest BCUT2D eigenvalue weighted by atomic mass is 10.3. The van der Waals surface area contributed by atoms with Crippen molar-refractivity contribution in [3.63, 3.8) is 0 Å². The summed E-state index contributed by atoms with van der Waals surface area (Å²) in [6.45, 7) is 0. The van der Waals surface area contributed by atoms with Gasteiger partial charge >= 0.3 is 6.03 Å². The number of carbonyl (C=O) groups excluding carboxylic acids is 1. The van der Waals surface area contributed by atoms with Crippen LogP contribution in [0.5, 0.6) is 5.75 Å². The summed E-state index contributed by atoms with van der Waals surface area (Å²) < 4.78 is 33.0. The second-order valence-corrected chi connectivity index (χ2v) is 5.33. The van der Waals surface area contributed by atoms with Crippen molar-refractivity contribution < 1.29 is 18.3 Å². The van der Waals surface area contributed by atoms with E-state index in [2.05, 4.69) is 15.6 Å². The van der Waals surface area contributed by atoms with Crippen molar-refractivity contribution >= 4 is 17.5 Å². The number of urea groups is 1. The highest BCUT2D eigenvalue weighted by Gasteiger charge is 2.14. The summed E-state index contributed by atoms with van der Waals surface area (Å²) in [5.74, 6) is -1.54. The lowest BCUT2D eigenvalue weighted by Gasteiger charge is -2.12. The lowest BCUT2D eigenvalue weighted by molar-refractivity contribution is 0.262. The third-order valence-electron chi connectivity index (χ3n) is 3.60. The third-order valence-corrected chi connectivity index (χ3v) is 3.60. The molecule has 27 heavy (non-hydrogen) atoms. The van der Waals surface area contributed by atoms with Crippen LogP contribution in [0.2, 0.25) is 0 Å². The topological polar surface area (TPSA) is 85.2 Å². The molecule has 1 heterocycles. The first-order chi connectivity index (χ1) is 13.0. The second-order valence-electron chi connectivity index (χ2n) is 5.33. The van der Waals surface area contributed by atoms with Crippen LogP contribution in [0.1, 0.15) is 0 Å². The maximum absolute atomic E-state index is 13.6. The first-order valence-corrected chi connectivity index (χ1v) is 7.73. The number of para-hydroxylation sites is 2. The van der Waals surface area contributed by atoms with Crippen LogP contribution in [0.25, 0.3) is 5.69 Å². The Labute approximate surface area is 152 Å². The van der Waals surface area contributed by atoms with Crippen molar-refractivity contribution in [2.75, 3.05) is 17.7 Å². The third kappa shape index (κ3) is 3.92. The number of methoxy groups -OCH3 is 1. The SMILES string of the molecule is COc1ccccc1-n1ccnc(NC(=O)Nc2ccc(F)cc2F)c1=O. The molecule has 9 heteroatoms. The largest absolute Gasteiger partial charge is 0.495 e. The van der Waals surface area contributed by atoms with Crippen LogP contribution < -0.4 is 20.9 Å². The van der Waals surface area contributed by atoms with Crippen LogP contribution in [0.3, 0.4) is 0 Å². The number of carbonyl (C=O) groups is 1. The number of rotatable bonds is 4. The minimum Gasteiger partial charge on any atom is -0.495 e. The molecule has 138 valence electrons. The maximum Gasteiger partial charge on any atom is 0.325 e. The summed E-state index contributed by atoms with van der Waals surface area (Å²) in [7, 11) is 1.47. The van der Waals surface area contributed by atoms with Crippen molar-refractivity contribution in [2.45, 2.75) is 0 Å². The number of halogens is 2. The number of anilines is 2. The van der Waals surface area contributed by atoms with E-state index in [4.69, 9.17) is 4.74 Å². The minimum atomic E-state index is -0.947. The monoisotopic (exact) mass is 372 g/mol. The highest BCUT2D eigenvalue weighted by atomic mass is 19.1. The van der Waals surface area contributed by atoms with Gasteiger partial charge in [-0.15, -0.1) is 0 Å². The average Bonchev–Trinajstić information content (AvgIpc) is 2.66. The Morgan fingerprint density at radius 3 is 2.67 bits per heavy atom. The Hall–Kier alpha value is -3.75. The van der Waals surface area contributed by atoms with Gasteiger partial charge in [-0.1, -0.05) is 12.1 Å². The number of nitrogens with one attached hydrogen (secondary N) is 2. The van der Waals surface area contributed by atoms with Crippen molar-refractivity contribution in [1.29, 1.82) is 0 Å². The molecule has 0 aliphatic heterocycles. The summed E-state index contributed by atoms with van der Waals surface area (Å²) in [4.78, 5) is 28.5.